The monoisotopic (exact) mass is 362 g/mol. The van der Waals surface area contributed by atoms with Gasteiger partial charge in [0.05, 0.1) is 12.2 Å². The average Bonchev–Trinajstić information content (AvgIpc) is 3.14. The Morgan fingerprint density at radius 2 is 1.62 bits per heavy atom. The predicted molar refractivity (Wildman–Crippen MR) is 108 cm³/mol. The number of hydrogen-bond donors (Lipinski definition) is 1. The normalized spacial score (nSPS) is 12.7. The molecular formula is C23H38O3. The van der Waals surface area contributed by atoms with E-state index in [-0.39, 0.29) is 5.92 Å². The van der Waals surface area contributed by atoms with E-state index in [0.29, 0.717) is 6.42 Å². The van der Waals surface area contributed by atoms with Gasteiger partial charge in [-0.3, -0.25) is 4.79 Å². The summed E-state index contributed by atoms with van der Waals surface area (Å²) < 4.78 is 5.27. The number of rotatable bonds is 17. The SMILES string of the molecule is CCCCCCCC/C=C\CCCCCCC(Cc1ccco1)C(=O)O. The Morgan fingerprint density at radius 1 is 1.00 bits per heavy atom. The van der Waals surface area contributed by atoms with E-state index >= 15 is 0 Å². The zero-order valence-corrected chi connectivity index (χ0v) is 16.6. The lowest BCUT2D eigenvalue weighted by atomic mass is 9.96. The minimum Gasteiger partial charge on any atom is -0.481 e. The van der Waals surface area contributed by atoms with Crippen LogP contribution < -0.4 is 0 Å². The molecule has 1 aromatic rings. The molecule has 3 heteroatoms. The summed E-state index contributed by atoms with van der Waals surface area (Å²) in [6, 6.07) is 3.67. The molecule has 1 heterocycles. The first-order chi connectivity index (χ1) is 12.7. The lowest BCUT2D eigenvalue weighted by Gasteiger charge is -2.10. The Balaban J connectivity index is 1.94. The van der Waals surface area contributed by atoms with Crippen molar-refractivity contribution in [3.8, 4) is 0 Å². The van der Waals surface area contributed by atoms with Crippen LogP contribution >= 0.6 is 0 Å². The van der Waals surface area contributed by atoms with E-state index in [1.165, 1.54) is 57.8 Å². The molecular weight excluding hydrogens is 324 g/mol. The summed E-state index contributed by atoms with van der Waals surface area (Å²) in [6.07, 6.45) is 22.6. The largest absolute Gasteiger partial charge is 0.481 e. The molecule has 0 radical (unpaired) electrons. The quantitative estimate of drug-likeness (QED) is 0.236. The molecule has 1 atom stereocenters. The predicted octanol–water partition coefficient (Wildman–Crippen LogP) is 7.17. The molecule has 0 aliphatic carbocycles. The summed E-state index contributed by atoms with van der Waals surface area (Å²) in [4.78, 5) is 11.3. The van der Waals surface area contributed by atoms with E-state index in [0.717, 1.165) is 31.4 Å². The third-order valence-corrected chi connectivity index (χ3v) is 4.94. The topological polar surface area (TPSA) is 50.4 Å². The van der Waals surface area contributed by atoms with Crippen LogP contribution in [0.4, 0.5) is 0 Å². The molecule has 0 aromatic carbocycles. The van der Waals surface area contributed by atoms with Crippen LogP contribution in [-0.4, -0.2) is 11.1 Å². The van der Waals surface area contributed by atoms with Gasteiger partial charge in [0.25, 0.3) is 0 Å². The number of aliphatic carboxylic acids is 1. The van der Waals surface area contributed by atoms with Gasteiger partial charge in [-0.15, -0.1) is 0 Å². The Labute approximate surface area is 159 Å². The van der Waals surface area contributed by atoms with Gasteiger partial charge in [-0.2, -0.15) is 0 Å². The average molecular weight is 363 g/mol. The van der Waals surface area contributed by atoms with E-state index in [1.807, 2.05) is 12.1 Å². The summed E-state index contributed by atoms with van der Waals surface area (Å²) in [5.74, 6) is -0.259. The first-order valence-electron chi connectivity index (χ1n) is 10.6. The van der Waals surface area contributed by atoms with Gasteiger partial charge in [0.2, 0.25) is 0 Å². The molecule has 3 nitrogen and oxygen atoms in total. The smallest absolute Gasteiger partial charge is 0.306 e. The molecule has 0 saturated heterocycles. The second-order valence-corrected chi connectivity index (χ2v) is 7.34. The summed E-state index contributed by atoms with van der Waals surface area (Å²) in [6.45, 7) is 2.26. The highest BCUT2D eigenvalue weighted by molar-refractivity contribution is 5.70. The van der Waals surface area contributed by atoms with Crippen LogP contribution in [0.15, 0.2) is 35.0 Å². The van der Waals surface area contributed by atoms with Crippen molar-refractivity contribution >= 4 is 5.97 Å². The second-order valence-electron chi connectivity index (χ2n) is 7.34. The molecule has 0 bridgehead atoms. The van der Waals surface area contributed by atoms with Crippen molar-refractivity contribution in [1.82, 2.24) is 0 Å². The summed E-state index contributed by atoms with van der Waals surface area (Å²) >= 11 is 0. The van der Waals surface area contributed by atoms with Crippen molar-refractivity contribution in [3.05, 3.63) is 36.3 Å². The number of carbonyl (C=O) groups is 1. The summed E-state index contributed by atoms with van der Waals surface area (Å²) in [5.41, 5.74) is 0. The Morgan fingerprint density at radius 3 is 2.19 bits per heavy atom. The highest BCUT2D eigenvalue weighted by atomic mass is 16.4. The summed E-state index contributed by atoms with van der Waals surface area (Å²) in [5, 5.41) is 9.33. The van der Waals surface area contributed by atoms with Gasteiger partial charge in [0, 0.05) is 6.42 Å². The lowest BCUT2D eigenvalue weighted by Crippen LogP contribution is -2.16. The molecule has 26 heavy (non-hydrogen) atoms. The second kappa shape index (κ2) is 15.7. The van der Waals surface area contributed by atoms with Gasteiger partial charge in [-0.1, -0.05) is 70.4 Å². The van der Waals surface area contributed by atoms with Crippen LogP contribution in [0.25, 0.3) is 0 Å². The van der Waals surface area contributed by atoms with Crippen LogP contribution in [0, 0.1) is 5.92 Å². The molecule has 0 amide bonds. The van der Waals surface area contributed by atoms with Crippen LogP contribution in [-0.2, 0) is 11.2 Å². The van der Waals surface area contributed by atoms with Crippen molar-refractivity contribution < 1.29 is 14.3 Å². The van der Waals surface area contributed by atoms with Gasteiger partial charge in [0.15, 0.2) is 0 Å². The third kappa shape index (κ3) is 11.9. The Hall–Kier alpha value is -1.51. The number of carboxylic acid groups (broad SMARTS) is 1. The van der Waals surface area contributed by atoms with Crippen molar-refractivity contribution in [2.24, 2.45) is 5.92 Å². The third-order valence-electron chi connectivity index (χ3n) is 4.94. The van der Waals surface area contributed by atoms with Crippen LogP contribution in [0.5, 0.6) is 0 Å². The molecule has 1 aromatic heterocycles. The van der Waals surface area contributed by atoms with Gasteiger partial charge in [0.1, 0.15) is 5.76 Å². The van der Waals surface area contributed by atoms with Gasteiger partial charge >= 0.3 is 5.97 Å². The highest BCUT2D eigenvalue weighted by Crippen LogP contribution is 2.17. The lowest BCUT2D eigenvalue weighted by molar-refractivity contribution is -0.142. The van der Waals surface area contributed by atoms with E-state index in [2.05, 4.69) is 19.1 Å². The number of unbranched alkanes of at least 4 members (excludes halogenated alkanes) is 10. The molecule has 0 aliphatic rings. The van der Waals surface area contributed by atoms with Crippen molar-refractivity contribution in [3.63, 3.8) is 0 Å². The minimum absolute atomic E-state index is 0.321. The minimum atomic E-state index is -0.709. The van der Waals surface area contributed by atoms with Crippen molar-refractivity contribution in [2.75, 3.05) is 0 Å². The zero-order chi connectivity index (χ0) is 18.9. The van der Waals surface area contributed by atoms with Gasteiger partial charge in [-0.05, 0) is 44.2 Å². The van der Waals surface area contributed by atoms with Gasteiger partial charge in [-0.25, -0.2) is 0 Å². The number of allylic oxidation sites excluding steroid dienone is 2. The maximum Gasteiger partial charge on any atom is 0.306 e. The van der Waals surface area contributed by atoms with Crippen LogP contribution in [0.3, 0.4) is 0 Å². The summed E-state index contributed by atoms with van der Waals surface area (Å²) in [7, 11) is 0. The number of carboxylic acids is 1. The maximum atomic E-state index is 11.3. The first-order valence-corrected chi connectivity index (χ1v) is 10.6. The zero-order valence-electron chi connectivity index (χ0n) is 16.6. The fraction of sp³-hybridized carbons (Fsp3) is 0.696. The molecule has 148 valence electrons. The standard InChI is InChI=1S/C23H38O3/c1-2-3-4-5-6-7-8-9-10-11-12-13-14-15-17-21(23(24)25)20-22-18-16-19-26-22/h9-10,16,18-19,21H,2-8,11-15,17,20H2,1H3,(H,24,25)/b10-9-. The van der Waals surface area contributed by atoms with E-state index in [9.17, 15) is 9.90 Å². The molecule has 1 unspecified atom stereocenters. The molecule has 0 spiro atoms. The molecule has 0 fully saturated rings. The van der Waals surface area contributed by atoms with E-state index in [4.69, 9.17) is 4.42 Å². The van der Waals surface area contributed by atoms with Gasteiger partial charge < -0.3 is 9.52 Å². The maximum absolute atomic E-state index is 11.3. The molecule has 0 aliphatic heterocycles. The molecule has 1 N–H and O–H groups in total. The number of furan rings is 1. The van der Waals surface area contributed by atoms with Crippen LogP contribution in [0.2, 0.25) is 0 Å². The van der Waals surface area contributed by atoms with Crippen LogP contribution in [0.1, 0.15) is 96.2 Å². The van der Waals surface area contributed by atoms with Crippen molar-refractivity contribution in [2.45, 2.75) is 96.8 Å². The molecule has 1 rings (SSSR count). The highest BCUT2D eigenvalue weighted by Gasteiger charge is 2.18. The Kier molecular flexibility index (Phi) is 13.6. The van der Waals surface area contributed by atoms with E-state index in [1.54, 1.807) is 6.26 Å². The Bertz CT molecular complexity index is 462. The molecule has 0 saturated carbocycles. The van der Waals surface area contributed by atoms with E-state index < -0.39 is 5.97 Å². The fourth-order valence-corrected chi connectivity index (χ4v) is 3.27. The van der Waals surface area contributed by atoms with Crippen molar-refractivity contribution in [1.29, 1.82) is 0 Å². The number of hydrogen-bond acceptors (Lipinski definition) is 2. The first kappa shape index (κ1) is 22.5. The fourth-order valence-electron chi connectivity index (χ4n) is 3.27.